The summed E-state index contributed by atoms with van der Waals surface area (Å²) in [4.78, 5) is 10.7. The third-order valence-electron chi connectivity index (χ3n) is 3.13. The largest absolute Gasteiger partial charge is 0.282 e. The molecule has 0 aliphatic heterocycles. The van der Waals surface area contributed by atoms with Crippen molar-refractivity contribution in [1.82, 2.24) is 14.6 Å². The number of rotatable bonds is 2. The number of aromatic nitrogens is 3. The van der Waals surface area contributed by atoms with Crippen LogP contribution < -0.4 is 0 Å². The first kappa shape index (κ1) is 12.7. The lowest BCUT2D eigenvalue weighted by Gasteiger charge is -2.03. The minimum atomic E-state index is -0.445. The van der Waals surface area contributed by atoms with Crippen molar-refractivity contribution in [2.24, 2.45) is 0 Å². The highest BCUT2D eigenvalue weighted by Gasteiger charge is 2.20. The number of nitriles is 1. The summed E-state index contributed by atoms with van der Waals surface area (Å²) >= 11 is 0. The van der Waals surface area contributed by atoms with Gasteiger partial charge < -0.3 is 0 Å². The molecule has 0 unspecified atom stereocenters. The average molecular weight is 279 g/mol. The first-order valence-corrected chi connectivity index (χ1v) is 6.10. The van der Waals surface area contributed by atoms with Gasteiger partial charge in [-0.2, -0.15) is 5.26 Å². The van der Waals surface area contributed by atoms with E-state index in [1.807, 2.05) is 13.0 Å². The summed E-state index contributed by atoms with van der Waals surface area (Å²) in [7, 11) is 0. The number of nitro groups is 1. The third-order valence-corrected chi connectivity index (χ3v) is 3.13. The summed E-state index contributed by atoms with van der Waals surface area (Å²) in [6, 6.07) is 10.0. The molecule has 0 atom stereocenters. The van der Waals surface area contributed by atoms with Gasteiger partial charge in [0.1, 0.15) is 0 Å². The predicted octanol–water partition coefficient (Wildman–Crippen LogP) is 2.48. The van der Waals surface area contributed by atoms with E-state index in [1.165, 1.54) is 6.07 Å². The number of nitrogens with zero attached hydrogens (tertiary/aromatic N) is 5. The second kappa shape index (κ2) is 4.68. The Morgan fingerprint density at radius 3 is 2.81 bits per heavy atom. The number of aryl methyl sites for hydroxylation is 1. The van der Waals surface area contributed by atoms with E-state index in [4.69, 9.17) is 5.26 Å². The van der Waals surface area contributed by atoms with Crippen molar-refractivity contribution in [3.05, 3.63) is 57.8 Å². The molecular weight excluding hydrogens is 270 g/mol. The standard InChI is InChI=1S/C14H9N5O2/c1-9-2-3-12(19(20)21)11(6-9)14-17-16-13-7-10(8-15)4-5-18(13)14/h2-7H,1H3. The van der Waals surface area contributed by atoms with Crippen molar-refractivity contribution < 1.29 is 4.92 Å². The van der Waals surface area contributed by atoms with Crippen LogP contribution in [0.15, 0.2) is 36.5 Å². The first-order valence-electron chi connectivity index (χ1n) is 6.10. The molecule has 0 aliphatic rings. The second-order valence-electron chi connectivity index (χ2n) is 4.56. The van der Waals surface area contributed by atoms with Crippen LogP contribution >= 0.6 is 0 Å². The highest BCUT2D eigenvalue weighted by molar-refractivity contribution is 5.71. The summed E-state index contributed by atoms with van der Waals surface area (Å²) in [5.74, 6) is 0.380. The molecule has 7 heteroatoms. The summed E-state index contributed by atoms with van der Waals surface area (Å²) in [5.41, 5.74) is 2.19. The second-order valence-corrected chi connectivity index (χ2v) is 4.56. The molecule has 2 aromatic heterocycles. The molecule has 0 spiro atoms. The van der Waals surface area contributed by atoms with Crippen molar-refractivity contribution in [1.29, 1.82) is 5.26 Å². The zero-order valence-corrected chi connectivity index (χ0v) is 11.0. The average Bonchev–Trinajstić information content (AvgIpc) is 2.89. The minimum absolute atomic E-state index is 0.0285. The molecule has 3 aromatic rings. The van der Waals surface area contributed by atoms with Gasteiger partial charge in [0, 0.05) is 18.3 Å². The Morgan fingerprint density at radius 2 is 2.10 bits per heavy atom. The van der Waals surface area contributed by atoms with E-state index in [0.717, 1.165) is 5.56 Å². The molecule has 21 heavy (non-hydrogen) atoms. The highest BCUT2D eigenvalue weighted by Crippen LogP contribution is 2.29. The van der Waals surface area contributed by atoms with Gasteiger partial charge in [-0.3, -0.25) is 14.5 Å². The molecule has 1 aromatic carbocycles. The molecule has 0 bridgehead atoms. The van der Waals surface area contributed by atoms with Crippen molar-refractivity contribution in [2.75, 3.05) is 0 Å². The molecule has 0 amide bonds. The van der Waals surface area contributed by atoms with Crippen molar-refractivity contribution in [3.8, 4) is 17.5 Å². The fourth-order valence-corrected chi connectivity index (χ4v) is 2.13. The topological polar surface area (TPSA) is 97.1 Å². The predicted molar refractivity (Wildman–Crippen MR) is 74.5 cm³/mol. The number of nitro benzene ring substituents is 1. The van der Waals surface area contributed by atoms with Crippen LogP contribution in [0.3, 0.4) is 0 Å². The number of fused-ring (bicyclic) bond motifs is 1. The van der Waals surface area contributed by atoms with Gasteiger partial charge in [-0.15, -0.1) is 10.2 Å². The maximum Gasteiger partial charge on any atom is 0.280 e. The molecule has 3 rings (SSSR count). The van der Waals surface area contributed by atoms with Crippen LogP contribution in [0.1, 0.15) is 11.1 Å². The fraction of sp³-hybridized carbons (Fsp3) is 0.0714. The van der Waals surface area contributed by atoms with Crippen molar-refractivity contribution in [2.45, 2.75) is 6.92 Å². The third kappa shape index (κ3) is 2.08. The quantitative estimate of drug-likeness (QED) is 0.530. The van der Waals surface area contributed by atoms with Gasteiger partial charge in [-0.25, -0.2) is 0 Å². The molecular formula is C14H9N5O2. The van der Waals surface area contributed by atoms with Gasteiger partial charge in [0.25, 0.3) is 5.69 Å². The van der Waals surface area contributed by atoms with Crippen LogP contribution in [-0.2, 0) is 0 Å². The summed E-state index contributed by atoms with van der Waals surface area (Å²) in [6.07, 6.45) is 1.63. The van der Waals surface area contributed by atoms with Crippen molar-refractivity contribution in [3.63, 3.8) is 0 Å². The Bertz CT molecular complexity index is 907. The molecule has 0 aliphatic carbocycles. The Morgan fingerprint density at radius 1 is 1.29 bits per heavy atom. The molecule has 0 radical (unpaired) electrons. The monoisotopic (exact) mass is 279 g/mol. The lowest BCUT2D eigenvalue weighted by molar-refractivity contribution is -0.384. The SMILES string of the molecule is Cc1ccc([N+](=O)[O-])c(-c2nnc3cc(C#N)ccn23)c1. The Labute approximate surface area is 119 Å². The van der Waals surface area contributed by atoms with Crippen LogP contribution in [0.4, 0.5) is 5.69 Å². The maximum atomic E-state index is 11.2. The van der Waals surface area contributed by atoms with E-state index in [-0.39, 0.29) is 5.69 Å². The minimum Gasteiger partial charge on any atom is -0.282 e. The summed E-state index contributed by atoms with van der Waals surface area (Å²) in [5, 5.41) is 28.0. The lowest BCUT2D eigenvalue weighted by Crippen LogP contribution is -1.96. The molecule has 2 heterocycles. The maximum absolute atomic E-state index is 11.2. The fourth-order valence-electron chi connectivity index (χ4n) is 2.13. The van der Waals surface area contributed by atoms with Crippen LogP contribution in [-0.4, -0.2) is 19.5 Å². The van der Waals surface area contributed by atoms with Crippen LogP contribution in [0.2, 0.25) is 0 Å². The highest BCUT2D eigenvalue weighted by atomic mass is 16.6. The molecule has 102 valence electrons. The van der Waals surface area contributed by atoms with E-state index in [9.17, 15) is 10.1 Å². The zero-order valence-electron chi connectivity index (χ0n) is 11.0. The smallest absolute Gasteiger partial charge is 0.280 e. The van der Waals surface area contributed by atoms with E-state index in [1.54, 1.807) is 34.9 Å². The van der Waals surface area contributed by atoms with Gasteiger partial charge >= 0.3 is 0 Å². The van der Waals surface area contributed by atoms with Gasteiger partial charge in [0.15, 0.2) is 11.5 Å². The lowest BCUT2D eigenvalue weighted by atomic mass is 10.1. The van der Waals surface area contributed by atoms with Crippen LogP contribution in [0, 0.1) is 28.4 Å². The van der Waals surface area contributed by atoms with Gasteiger partial charge in [-0.1, -0.05) is 6.07 Å². The number of pyridine rings is 1. The Kier molecular flexibility index (Phi) is 2.84. The van der Waals surface area contributed by atoms with Gasteiger partial charge in [0.05, 0.1) is 22.1 Å². The number of hydrogen-bond donors (Lipinski definition) is 0. The van der Waals surface area contributed by atoms with E-state index in [2.05, 4.69) is 10.2 Å². The first-order chi connectivity index (χ1) is 10.1. The van der Waals surface area contributed by atoms with Gasteiger partial charge in [0.2, 0.25) is 0 Å². The summed E-state index contributed by atoms with van der Waals surface area (Å²) in [6.45, 7) is 1.85. The molecule has 0 saturated carbocycles. The van der Waals surface area contributed by atoms with Crippen LogP contribution in [0.25, 0.3) is 17.0 Å². The van der Waals surface area contributed by atoms with Crippen LogP contribution in [0.5, 0.6) is 0 Å². The molecule has 0 fully saturated rings. The molecule has 0 saturated heterocycles. The number of benzene rings is 1. The molecule has 0 N–H and O–H groups in total. The van der Waals surface area contributed by atoms with E-state index >= 15 is 0 Å². The summed E-state index contributed by atoms with van der Waals surface area (Å²) < 4.78 is 1.63. The van der Waals surface area contributed by atoms with Gasteiger partial charge in [-0.05, 0) is 24.6 Å². The number of hydrogen-bond acceptors (Lipinski definition) is 5. The van der Waals surface area contributed by atoms with E-state index in [0.29, 0.717) is 22.6 Å². The Hall–Kier alpha value is -3.27. The Balaban J connectivity index is 2.29. The molecule has 7 nitrogen and oxygen atoms in total. The van der Waals surface area contributed by atoms with E-state index < -0.39 is 4.92 Å². The van der Waals surface area contributed by atoms with Crippen molar-refractivity contribution >= 4 is 11.3 Å². The normalized spacial score (nSPS) is 10.5. The zero-order chi connectivity index (χ0) is 15.0.